The number of rotatable bonds is 4. The molecule has 2 aromatic rings. The molecule has 6 heteroatoms. The van der Waals surface area contributed by atoms with Gasteiger partial charge in [-0.05, 0) is 35.9 Å². The van der Waals surface area contributed by atoms with Gasteiger partial charge in [-0.25, -0.2) is 9.18 Å². The molecule has 0 fully saturated rings. The van der Waals surface area contributed by atoms with Crippen LogP contribution in [0.25, 0.3) is 0 Å². The summed E-state index contributed by atoms with van der Waals surface area (Å²) >= 11 is 3.21. The largest absolute Gasteiger partial charge is 0.488 e. The van der Waals surface area contributed by atoms with Gasteiger partial charge in [0.05, 0.1) is 7.11 Å². The number of anilines is 1. The average Bonchev–Trinajstić information content (AvgIpc) is 2.43. The molecule has 0 spiro atoms. The summed E-state index contributed by atoms with van der Waals surface area (Å²) in [5.74, 6) is -0.658. The van der Waals surface area contributed by atoms with Crippen molar-refractivity contribution in [2.75, 3.05) is 12.8 Å². The van der Waals surface area contributed by atoms with Crippen molar-refractivity contribution in [3.05, 3.63) is 57.8 Å². The third-order valence-electron chi connectivity index (χ3n) is 2.76. The minimum absolute atomic E-state index is 0.101. The molecule has 0 aromatic heterocycles. The van der Waals surface area contributed by atoms with Crippen molar-refractivity contribution >= 4 is 27.6 Å². The maximum Gasteiger partial charge on any atom is 0.343 e. The van der Waals surface area contributed by atoms with Crippen molar-refractivity contribution in [2.24, 2.45) is 0 Å². The molecule has 0 aliphatic carbocycles. The third-order valence-corrected chi connectivity index (χ3v) is 3.22. The molecule has 2 rings (SSSR count). The summed E-state index contributed by atoms with van der Waals surface area (Å²) in [4.78, 5) is 11.7. The normalized spacial score (nSPS) is 10.2. The standard InChI is InChI=1S/C15H13BrFNO3/c1-20-15(19)14-12(18)3-2-4-13(14)21-8-9-5-10(16)7-11(17)6-9/h2-7H,8,18H2,1H3. The van der Waals surface area contributed by atoms with Crippen molar-refractivity contribution in [1.82, 2.24) is 0 Å². The lowest BCUT2D eigenvalue weighted by molar-refractivity contribution is 0.0597. The van der Waals surface area contributed by atoms with Crippen LogP contribution in [0.5, 0.6) is 5.75 Å². The molecule has 0 bridgehead atoms. The first-order valence-corrected chi connectivity index (χ1v) is 6.85. The molecule has 110 valence electrons. The van der Waals surface area contributed by atoms with Crippen LogP contribution in [0, 0.1) is 5.82 Å². The molecular weight excluding hydrogens is 341 g/mol. The molecule has 2 N–H and O–H groups in total. The molecule has 2 aromatic carbocycles. The van der Waals surface area contributed by atoms with Crippen LogP contribution in [0.2, 0.25) is 0 Å². The lowest BCUT2D eigenvalue weighted by atomic mass is 10.1. The van der Waals surface area contributed by atoms with Crippen molar-refractivity contribution in [2.45, 2.75) is 6.61 Å². The van der Waals surface area contributed by atoms with E-state index in [1.165, 1.54) is 19.2 Å². The summed E-state index contributed by atoms with van der Waals surface area (Å²) in [7, 11) is 1.27. The first kappa shape index (κ1) is 15.3. The van der Waals surface area contributed by atoms with Crippen molar-refractivity contribution in [3.8, 4) is 5.75 Å². The Morgan fingerprint density at radius 2 is 2.10 bits per heavy atom. The fourth-order valence-electron chi connectivity index (χ4n) is 1.84. The molecular formula is C15H13BrFNO3. The zero-order chi connectivity index (χ0) is 15.4. The lowest BCUT2D eigenvalue weighted by Crippen LogP contribution is -2.09. The summed E-state index contributed by atoms with van der Waals surface area (Å²) in [5.41, 5.74) is 6.82. The van der Waals surface area contributed by atoms with Gasteiger partial charge in [0.15, 0.2) is 0 Å². The van der Waals surface area contributed by atoms with E-state index in [2.05, 4.69) is 20.7 Å². The van der Waals surface area contributed by atoms with E-state index in [9.17, 15) is 9.18 Å². The Balaban J connectivity index is 2.24. The van der Waals surface area contributed by atoms with Gasteiger partial charge in [-0.15, -0.1) is 0 Å². The van der Waals surface area contributed by atoms with Gasteiger partial charge in [0.2, 0.25) is 0 Å². The van der Waals surface area contributed by atoms with E-state index in [-0.39, 0.29) is 23.7 Å². The van der Waals surface area contributed by atoms with Crippen LogP contribution in [0.1, 0.15) is 15.9 Å². The first-order valence-electron chi connectivity index (χ1n) is 6.06. The number of ether oxygens (including phenoxy) is 2. The highest BCUT2D eigenvalue weighted by atomic mass is 79.9. The van der Waals surface area contributed by atoms with Gasteiger partial charge in [-0.1, -0.05) is 22.0 Å². The number of hydrogen-bond donors (Lipinski definition) is 1. The number of benzene rings is 2. The Labute approximate surface area is 129 Å². The van der Waals surface area contributed by atoms with Crippen LogP contribution < -0.4 is 10.5 Å². The number of halogens is 2. The average molecular weight is 354 g/mol. The van der Waals surface area contributed by atoms with E-state index in [0.717, 1.165) is 0 Å². The molecule has 0 unspecified atom stereocenters. The van der Waals surface area contributed by atoms with Crippen LogP contribution >= 0.6 is 15.9 Å². The van der Waals surface area contributed by atoms with Crippen LogP contribution in [-0.2, 0) is 11.3 Å². The molecule has 0 aliphatic heterocycles. The molecule has 0 saturated carbocycles. The molecule has 0 saturated heterocycles. The van der Waals surface area contributed by atoms with Gasteiger partial charge in [0.25, 0.3) is 0 Å². The van der Waals surface area contributed by atoms with Gasteiger partial charge < -0.3 is 15.2 Å². The highest BCUT2D eigenvalue weighted by Gasteiger charge is 2.16. The fourth-order valence-corrected chi connectivity index (χ4v) is 2.36. The maximum atomic E-state index is 13.3. The second-order valence-corrected chi connectivity index (χ2v) is 5.19. The highest BCUT2D eigenvalue weighted by Crippen LogP contribution is 2.26. The zero-order valence-electron chi connectivity index (χ0n) is 11.2. The lowest BCUT2D eigenvalue weighted by Gasteiger charge is -2.12. The predicted molar refractivity (Wildman–Crippen MR) is 80.6 cm³/mol. The Hall–Kier alpha value is -2.08. The van der Waals surface area contributed by atoms with E-state index in [1.54, 1.807) is 24.3 Å². The monoisotopic (exact) mass is 353 g/mol. The highest BCUT2D eigenvalue weighted by molar-refractivity contribution is 9.10. The number of carbonyl (C=O) groups is 1. The Kier molecular flexibility index (Phi) is 4.80. The summed E-state index contributed by atoms with van der Waals surface area (Å²) < 4.78 is 24.2. The number of esters is 1. The van der Waals surface area contributed by atoms with Crippen molar-refractivity contribution in [1.29, 1.82) is 0 Å². The number of methoxy groups -OCH3 is 1. The minimum atomic E-state index is -0.580. The molecule has 0 amide bonds. The predicted octanol–water partition coefficient (Wildman–Crippen LogP) is 3.54. The Morgan fingerprint density at radius 1 is 1.33 bits per heavy atom. The quantitative estimate of drug-likeness (QED) is 0.674. The van der Waals surface area contributed by atoms with E-state index in [4.69, 9.17) is 10.5 Å². The number of nitrogens with two attached hydrogens (primary N) is 1. The number of hydrogen-bond acceptors (Lipinski definition) is 4. The first-order chi connectivity index (χ1) is 10.0. The van der Waals surface area contributed by atoms with Crippen LogP contribution in [-0.4, -0.2) is 13.1 Å². The molecule has 21 heavy (non-hydrogen) atoms. The van der Waals surface area contributed by atoms with Crippen molar-refractivity contribution in [3.63, 3.8) is 0 Å². The van der Waals surface area contributed by atoms with E-state index in [1.807, 2.05) is 0 Å². The molecule has 0 aliphatic rings. The van der Waals surface area contributed by atoms with Crippen LogP contribution in [0.3, 0.4) is 0 Å². The van der Waals surface area contributed by atoms with Crippen molar-refractivity contribution < 1.29 is 18.7 Å². The summed E-state index contributed by atoms with van der Waals surface area (Å²) in [6.07, 6.45) is 0. The molecule has 4 nitrogen and oxygen atoms in total. The van der Waals surface area contributed by atoms with Gasteiger partial charge in [-0.2, -0.15) is 0 Å². The molecule has 0 radical (unpaired) electrons. The van der Waals surface area contributed by atoms with Gasteiger partial charge >= 0.3 is 5.97 Å². The smallest absolute Gasteiger partial charge is 0.343 e. The van der Waals surface area contributed by atoms with E-state index >= 15 is 0 Å². The second kappa shape index (κ2) is 6.58. The summed E-state index contributed by atoms with van der Waals surface area (Å²) in [5, 5.41) is 0. The molecule has 0 atom stereocenters. The SMILES string of the molecule is COC(=O)c1c(N)cccc1OCc1cc(F)cc(Br)c1. The number of carbonyl (C=O) groups excluding carboxylic acids is 1. The fraction of sp³-hybridized carbons (Fsp3) is 0.133. The van der Waals surface area contributed by atoms with Gasteiger partial charge in [0.1, 0.15) is 23.7 Å². The maximum absolute atomic E-state index is 13.3. The second-order valence-electron chi connectivity index (χ2n) is 4.28. The van der Waals surface area contributed by atoms with Gasteiger partial charge in [-0.3, -0.25) is 0 Å². The Bertz CT molecular complexity index is 656. The molecule has 0 heterocycles. The van der Waals surface area contributed by atoms with E-state index in [0.29, 0.717) is 15.8 Å². The zero-order valence-corrected chi connectivity index (χ0v) is 12.8. The minimum Gasteiger partial charge on any atom is -0.488 e. The topological polar surface area (TPSA) is 61.5 Å². The summed E-state index contributed by atoms with van der Waals surface area (Å²) in [6.45, 7) is 0.101. The van der Waals surface area contributed by atoms with Crippen LogP contribution in [0.15, 0.2) is 40.9 Å². The van der Waals surface area contributed by atoms with E-state index < -0.39 is 5.97 Å². The Morgan fingerprint density at radius 3 is 2.76 bits per heavy atom. The van der Waals surface area contributed by atoms with Crippen LogP contribution in [0.4, 0.5) is 10.1 Å². The van der Waals surface area contributed by atoms with Gasteiger partial charge in [0, 0.05) is 10.2 Å². The summed E-state index contributed by atoms with van der Waals surface area (Å²) in [6, 6.07) is 9.29. The third kappa shape index (κ3) is 3.72. The number of nitrogen functional groups attached to an aromatic ring is 1.